The van der Waals surface area contributed by atoms with Gasteiger partial charge in [-0.2, -0.15) is 0 Å². The van der Waals surface area contributed by atoms with E-state index >= 15 is 0 Å². The van der Waals surface area contributed by atoms with Crippen molar-refractivity contribution >= 4 is 35.8 Å². The number of halogens is 1. The Morgan fingerprint density at radius 2 is 2.16 bits per heavy atom. The Morgan fingerprint density at radius 3 is 2.68 bits per heavy atom. The van der Waals surface area contributed by atoms with Crippen molar-refractivity contribution in [2.75, 3.05) is 6.54 Å². The summed E-state index contributed by atoms with van der Waals surface area (Å²) >= 11 is 1.11. The van der Waals surface area contributed by atoms with E-state index in [0.29, 0.717) is 10.1 Å². The van der Waals surface area contributed by atoms with Crippen LogP contribution in [0.15, 0.2) is 34.6 Å². The van der Waals surface area contributed by atoms with Crippen LogP contribution in [-0.2, 0) is 7.05 Å². The monoisotopic (exact) mass is 386 g/mol. The molecule has 2 rings (SSSR count). The maximum absolute atomic E-state index is 12.3. The van der Waals surface area contributed by atoms with E-state index in [0.717, 1.165) is 11.8 Å². The van der Waals surface area contributed by atoms with Crippen molar-refractivity contribution in [2.45, 2.75) is 29.4 Å². The van der Waals surface area contributed by atoms with Crippen LogP contribution >= 0.6 is 24.2 Å². The van der Waals surface area contributed by atoms with E-state index in [4.69, 9.17) is 5.73 Å². The van der Waals surface area contributed by atoms with E-state index in [2.05, 4.69) is 15.5 Å². The maximum atomic E-state index is 12.3. The second kappa shape index (κ2) is 8.28. The van der Waals surface area contributed by atoms with Crippen molar-refractivity contribution in [2.24, 2.45) is 12.8 Å². The number of carbonyl (C=O) groups is 1. The van der Waals surface area contributed by atoms with Crippen LogP contribution in [0.25, 0.3) is 0 Å². The Bertz CT molecular complexity index is 780. The summed E-state index contributed by atoms with van der Waals surface area (Å²) in [5.74, 6) is -0.413. The Balaban J connectivity index is 0.00000312. The van der Waals surface area contributed by atoms with Gasteiger partial charge in [-0.25, -0.2) is 0 Å². The number of nitrogens with one attached hydrogen (secondary N) is 1. The zero-order chi connectivity index (χ0) is 17.9. The van der Waals surface area contributed by atoms with Gasteiger partial charge in [-0.15, -0.1) is 22.6 Å². The molecule has 0 saturated heterocycles. The van der Waals surface area contributed by atoms with E-state index in [1.807, 2.05) is 0 Å². The number of nitro groups is 1. The average molecular weight is 387 g/mol. The molecule has 0 unspecified atom stereocenters. The fraction of sp³-hybridized carbons (Fsp3) is 0.357. The van der Waals surface area contributed by atoms with E-state index in [-0.39, 0.29) is 30.2 Å². The van der Waals surface area contributed by atoms with Crippen molar-refractivity contribution < 1.29 is 9.72 Å². The van der Waals surface area contributed by atoms with Gasteiger partial charge in [0.15, 0.2) is 5.16 Å². The minimum absolute atomic E-state index is 0. The second-order valence-electron chi connectivity index (χ2n) is 5.81. The zero-order valence-corrected chi connectivity index (χ0v) is 15.6. The first-order valence-electron chi connectivity index (χ1n) is 7.06. The quantitative estimate of drug-likeness (QED) is 0.571. The lowest BCUT2D eigenvalue weighted by molar-refractivity contribution is -0.387. The molecular formula is C14H19ClN6O3S. The van der Waals surface area contributed by atoms with Gasteiger partial charge in [-0.05, 0) is 37.7 Å². The molecule has 25 heavy (non-hydrogen) atoms. The lowest BCUT2D eigenvalue weighted by atomic mass is 10.1. The molecule has 3 N–H and O–H groups in total. The first-order chi connectivity index (χ1) is 11.2. The smallest absolute Gasteiger partial charge is 0.284 e. The summed E-state index contributed by atoms with van der Waals surface area (Å²) in [7, 11) is 1.74. The summed E-state index contributed by atoms with van der Waals surface area (Å²) in [5.41, 5.74) is 5.02. The van der Waals surface area contributed by atoms with Gasteiger partial charge in [0, 0.05) is 30.8 Å². The van der Waals surface area contributed by atoms with Crippen LogP contribution in [0.5, 0.6) is 0 Å². The maximum Gasteiger partial charge on any atom is 0.284 e. The Kier molecular flexibility index (Phi) is 6.91. The zero-order valence-electron chi connectivity index (χ0n) is 13.9. The van der Waals surface area contributed by atoms with Crippen LogP contribution < -0.4 is 11.1 Å². The number of amides is 1. The molecule has 1 aromatic heterocycles. The summed E-state index contributed by atoms with van der Waals surface area (Å²) in [6.07, 6.45) is 1.50. The molecule has 0 bridgehead atoms. The predicted molar refractivity (Wildman–Crippen MR) is 96.1 cm³/mol. The fourth-order valence-corrected chi connectivity index (χ4v) is 2.63. The Labute approximate surface area is 154 Å². The van der Waals surface area contributed by atoms with Crippen LogP contribution in [0.2, 0.25) is 0 Å². The van der Waals surface area contributed by atoms with E-state index in [1.54, 1.807) is 25.5 Å². The van der Waals surface area contributed by atoms with Gasteiger partial charge in [0.2, 0.25) is 0 Å². The molecule has 0 aliphatic heterocycles. The van der Waals surface area contributed by atoms with Crippen LogP contribution in [0, 0.1) is 10.1 Å². The molecule has 0 spiro atoms. The third-order valence-electron chi connectivity index (χ3n) is 3.25. The van der Waals surface area contributed by atoms with E-state index in [9.17, 15) is 14.9 Å². The number of nitro benzene ring substituents is 1. The molecule has 0 aliphatic rings. The van der Waals surface area contributed by atoms with Crippen LogP contribution in [-0.4, -0.2) is 37.7 Å². The van der Waals surface area contributed by atoms with Crippen molar-refractivity contribution in [1.29, 1.82) is 0 Å². The number of nitrogens with zero attached hydrogens (tertiary/aromatic N) is 4. The summed E-state index contributed by atoms with van der Waals surface area (Å²) in [4.78, 5) is 23.5. The topological polar surface area (TPSA) is 129 Å². The molecule has 0 aliphatic carbocycles. The number of nitrogens with two attached hydrogens (primary N) is 1. The number of aromatic nitrogens is 3. The second-order valence-corrected chi connectivity index (χ2v) is 6.82. The molecule has 1 heterocycles. The number of hydrogen-bond acceptors (Lipinski definition) is 7. The van der Waals surface area contributed by atoms with Crippen molar-refractivity contribution in [3.05, 3.63) is 40.2 Å². The molecular weight excluding hydrogens is 368 g/mol. The first-order valence-corrected chi connectivity index (χ1v) is 7.88. The van der Waals surface area contributed by atoms with Gasteiger partial charge in [0.1, 0.15) is 6.33 Å². The number of benzene rings is 1. The lowest BCUT2D eigenvalue weighted by Crippen LogP contribution is -2.48. The van der Waals surface area contributed by atoms with Gasteiger partial charge in [-0.1, -0.05) is 0 Å². The molecule has 136 valence electrons. The standard InChI is InChI=1S/C14H18N6O3S.ClH/c1-14(2,7-15)17-12(21)9-4-5-11(10(6-9)20(22)23)24-13-18-16-8-19(13)3;/h4-6,8H,7,15H2,1-3H3,(H,17,21);1H. The normalized spacial score (nSPS) is 10.9. The fourth-order valence-electron chi connectivity index (χ4n) is 1.78. The molecule has 0 radical (unpaired) electrons. The van der Waals surface area contributed by atoms with Gasteiger partial charge in [0.25, 0.3) is 11.6 Å². The molecule has 0 saturated carbocycles. The number of aryl methyl sites for hydroxylation is 1. The van der Waals surface area contributed by atoms with Crippen molar-refractivity contribution in [3.8, 4) is 0 Å². The minimum Gasteiger partial charge on any atom is -0.346 e. The predicted octanol–water partition coefficient (Wildman–Crippen LogP) is 1.76. The SMILES string of the molecule is Cl.Cn1cnnc1Sc1ccc(C(=O)NC(C)(C)CN)cc1[N+](=O)[O-]. The van der Waals surface area contributed by atoms with Gasteiger partial charge < -0.3 is 15.6 Å². The van der Waals surface area contributed by atoms with Crippen molar-refractivity contribution in [1.82, 2.24) is 20.1 Å². The summed E-state index contributed by atoms with van der Waals surface area (Å²) in [5, 5.41) is 22.2. The third kappa shape index (κ3) is 5.15. The Hall–Kier alpha value is -2.17. The summed E-state index contributed by atoms with van der Waals surface area (Å²) < 4.78 is 1.65. The van der Waals surface area contributed by atoms with E-state index < -0.39 is 16.4 Å². The van der Waals surface area contributed by atoms with Gasteiger partial charge >= 0.3 is 0 Å². The highest BCUT2D eigenvalue weighted by atomic mass is 35.5. The van der Waals surface area contributed by atoms with Gasteiger partial charge in [0.05, 0.1) is 9.82 Å². The Morgan fingerprint density at radius 1 is 1.48 bits per heavy atom. The number of carbonyl (C=O) groups excluding carboxylic acids is 1. The highest BCUT2D eigenvalue weighted by Crippen LogP contribution is 2.34. The lowest BCUT2D eigenvalue weighted by Gasteiger charge is -2.24. The highest BCUT2D eigenvalue weighted by Gasteiger charge is 2.23. The first kappa shape index (κ1) is 20.9. The molecule has 11 heteroatoms. The van der Waals surface area contributed by atoms with Crippen LogP contribution in [0.1, 0.15) is 24.2 Å². The highest BCUT2D eigenvalue weighted by molar-refractivity contribution is 7.99. The minimum atomic E-state index is -0.599. The van der Waals surface area contributed by atoms with Crippen LogP contribution in [0.4, 0.5) is 5.69 Å². The van der Waals surface area contributed by atoms with Crippen molar-refractivity contribution in [3.63, 3.8) is 0 Å². The molecule has 0 atom stereocenters. The number of rotatable bonds is 6. The molecule has 1 amide bonds. The van der Waals surface area contributed by atoms with E-state index in [1.165, 1.54) is 24.5 Å². The molecule has 2 aromatic rings. The number of hydrogen-bond donors (Lipinski definition) is 2. The molecule has 1 aromatic carbocycles. The molecule has 9 nitrogen and oxygen atoms in total. The average Bonchev–Trinajstić information content (AvgIpc) is 2.92. The summed E-state index contributed by atoms with van der Waals surface area (Å²) in [6, 6.07) is 4.32. The summed E-state index contributed by atoms with van der Waals surface area (Å²) in [6.45, 7) is 3.80. The van der Waals surface area contributed by atoms with Crippen LogP contribution in [0.3, 0.4) is 0 Å². The van der Waals surface area contributed by atoms with Gasteiger partial charge in [-0.3, -0.25) is 14.9 Å². The third-order valence-corrected chi connectivity index (χ3v) is 4.37. The largest absolute Gasteiger partial charge is 0.346 e. The molecule has 0 fully saturated rings.